The van der Waals surface area contributed by atoms with Crippen LogP contribution in [0.4, 0.5) is 0 Å². The molecule has 39 heavy (non-hydrogen) atoms. The van der Waals surface area contributed by atoms with Crippen LogP contribution in [-0.4, -0.2) is 68.1 Å². The van der Waals surface area contributed by atoms with Gasteiger partial charge in [0.05, 0.1) is 26.4 Å². The molecular weight excluding hydrogens is 512 g/mol. The predicted octanol–water partition coefficient (Wildman–Crippen LogP) is 2.65. The van der Waals surface area contributed by atoms with E-state index in [-0.39, 0.29) is 20.0 Å². The van der Waals surface area contributed by atoms with Crippen molar-refractivity contribution in [3.05, 3.63) is 47.0 Å². The Morgan fingerprint density at radius 3 is 2.36 bits per heavy atom. The molecule has 3 aliphatic rings. The molecule has 204 valence electrons. The first-order valence-electron chi connectivity index (χ1n) is 12.3. The lowest BCUT2D eigenvalue weighted by Crippen LogP contribution is -2.51. The van der Waals surface area contributed by atoms with Crippen molar-refractivity contribution in [1.29, 1.82) is 0 Å². The van der Waals surface area contributed by atoms with Crippen molar-refractivity contribution in [3.8, 4) is 34.1 Å². The molecule has 3 aromatic carbocycles. The third kappa shape index (κ3) is 4.01. The summed E-state index contributed by atoms with van der Waals surface area (Å²) in [5.41, 5.74) is 2.53. The third-order valence-corrected chi connectivity index (χ3v) is 7.26. The highest BCUT2D eigenvalue weighted by molar-refractivity contribution is 6.13. The molecule has 11 nitrogen and oxygen atoms in total. The molecule has 3 aromatic rings. The van der Waals surface area contributed by atoms with Crippen molar-refractivity contribution in [1.82, 2.24) is 0 Å². The Bertz CT molecular complexity index is 1500. The summed E-state index contributed by atoms with van der Waals surface area (Å²) in [4.78, 5) is 24.7. The van der Waals surface area contributed by atoms with Gasteiger partial charge in [0.25, 0.3) is 0 Å². The second kappa shape index (κ2) is 9.60. The largest absolute Gasteiger partial charge is 0.493 e. The van der Waals surface area contributed by atoms with E-state index in [2.05, 4.69) is 0 Å². The number of carbonyl (C=O) groups excluding carboxylic acids is 2. The molecule has 0 saturated carbocycles. The molecular formula is C28H26O11. The fraction of sp³-hybridized carbons (Fsp3) is 0.357. The van der Waals surface area contributed by atoms with Gasteiger partial charge in [-0.2, -0.15) is 0 Å². The van der Waals surface area contributed by atoms with Gasteiger partial charge in [0.1, 0.15) is 24.9 Å². The van der Waals surface area contributed by atoms with Crippen molar-refractivity contribution < 1.29 is 53.0 Å². The lowest BCUT2D eigenvalue weighted by atomic mass is 9.82. The zero-order valence-electron chi connectivity index (χ0n) is 21.4. The molecule has 1 fully saturated rings. The molecule has 3 heterocycles. The number of ether oxygens (including phenoxy) is 7. The Kier molecular flexibility index (Phi) is 6.21. The minimum Gasteiger partial charge on any atom is -0.493 e. The van der Waals surface area contributed by atoms with Crippen LogP contribution in [0.1, 0.15) is 34.5 Å². The quantitative estimate of drug-likeness (QED) is 0.464. The molecule has 0 aliphatic carbocycles. The number of benzene rings is 3. The van der Waals surface area contributed by atoms with Gasteiger partial charge in [0, 0.05) is 18.1 Å². The summed E-state index contributed by atoms with van der Waals surface area (Å²) in [5, 5.41) is 23.2. The summed E-state index contributed by atoms with van der Waals surface area (Å²) in [5.74, 6) is 0.813. The number of aliphatic hydroxyl groups is 2. The second-order valence-corrected chi connectivity index (χ2v) is 9.42. The van der Waals surface area contributed by atoms with Crippen LogP contribution in [0.25, 0.3) is 21.9 Å². The van der Waals surface area contributed by atoms with Gasteiger partial charge in [-0.05, 0) is 46.2 Å². The van der Waals surface area contributed by atoms with E-state index in [4.69, 9.17) is 33.2 Å². The molecule has 0 amide bonds. The fourth-order valence-corrected chi connectivity index (χ4v) is 5.52. The van der Waals surface area contributed by atoms with Crippen molar-refractivity contribution in [2.75, 3.05) is 27.6 Å². The maximum atomic E-state index is 13.2. The Morgan fingerprint density at radius 2 is 1.64 bits per heavy atom. The van der Waals surface area contributed by atoms with Gasteiger partial charge in [-0.15, -0.1) is 0 Å². The summed E-state index contributed by atoms with van der Waals surface area (Å²) < 4.78 is 38.8. The molecule has 0 radical (unpaired) electrons. The highest BCUT2D eigenvalue weighted by atomic mass is 16.7. The van der Waals surface area contributed by atoms with Gasteiger partial charge in [-0.25, -0.2) is 4.79 Å². The van der Waals surface area contributed by atoms with E-state index < -0.39 is 36.4 Å². The second-order valence-electron chi connectivity index (χ2n) is 9.42. The lowest BCUT2D eigenvalue weighted by molar-refractivity contribution is -0.205. The number of rotatable bonds is 5. The monoisotopic (exact) mass is 538 g/mol. The molecule has 11 heteroatoms. The van der Waals surface area contributed by atoms with Gasteiger partial charge < -0.3 is 43.4 Å². The topological polar surface area (TPSA) is 139 Å². The number of esters is 2. The Labute approximate surface area is 222 Å². The van der Waals surface area contributed by atoms with Gasteiger partial charge >= 0.3 is 11.9 Å². The van der Waals surface area contributed by atoms with E-state index in [1.54, 1.807) is 24.3 Å². The van der Waals surface area contributed by atoms with Crippen molar-refractivity contribution in [2.24, 2.45) is 0 Å². The van der Waals surface area contributed by atoms with Gasteiger partial charge in [0.2, 0.25) is 6.79 Å². The third-order valence-electron chi connectivity index (χ3n) is 7.26. The lowest BCUT2D eigenvalue weighted by Gasteiger charge is -2.38. The Balaban J connectivity index is 1.62. The zero-order valence-corrected chi connectivity index (χ0v) is 21.4. The van der Waals surface area contributed by atoms with Gasteiger partial charge in [-0.3, -0.25) is 4.79 Å². The molecule has 1 saturated heterocycles. The van der Waals surface area contributed by atoms with Gasteiger partial charge in [0.15, 0.2) is 29.1 Å². The van der Waals surface area contributed by atoms with E-state index >= 15 is 0 Å². The number of hydrogen-bond acceptors (Lipinski definition) is 11. The highest BCUT2D eigenvalue weighted by Gasteiger charge is 2.44. The van der Waals surface area contributed by atoms with E-state index in [0.29, 0.717) is 61.6 Å². The van der Waals surface area contributed by atoms with E-state index in [1.807, 2.05) is 6.07 Å². The highest BCUT2D eigenvalue weighted by Crippen LogP contribution is 2.49. The van der Waals surface area contributed by atoms with E-state index in [9.17, 15) is 19.8 Å². The molecule has 0 unspecified atom stereocenters. The van der Waals surface area contributed by atoms with Gasteiger partial charge in [-0.1, -0.05) is 6.07 Å². The summed E-state index contributed by atoms with van der Waals surface area (Å²) in [6.07, 6.45) is -5.02. The summed E-state index contributed by atoms with van der Waals surface area (Å²) in [7, 11) is 3.01. The average molecular weight is 539 g/mol. The van der Waals surface area contributed by atoms with Crippen LogP contribution in [0.15, 0.2) is 30.3 Å². The van der Waals surface area contributed by atoms with Crippen LogP contribution in [0.3, 0.4) is 0 Å². The smallest absolute Gasteiger partial charge is 0.339 e. The normalized spacial score (nSPS) is 23.4. The molecule has 6 rings (SSSR count). The van der Waals surface area contributed by atoms with Crippen LogP contribution < -0.4 is 18.9 Å². The molecule has 0 spiro atoms. The van der Waals surface area contributed by atoms with Crippen LogP contribution in [-0.2, 0) is 25.6 Å². The van der Waals surface area contributed by atoms with Crippen molar-refractivity contribution in [2.45, 2.75) is 37.9 Å². The number of fused-ring (bicyclic) bond motifs is 3. The fourth-order valence-electron chi connectivity index (χ4n) is 5.52. The molecule has 3 aliphatic heterocycles. The summed E-state index contributed by atoms with van der Waals surface area (Å²) in [6, 6.07) is 8.87. The Hall–Kier alpha value is -4.06. The predicted molar refractivity (Wildman–Crippen MR) is 134 cm³/mol. The number of methoxy groups -OCH3 is 2. The zero-order chi connectivity index (χ0) is 27.4. The first-order valence-corrected chi connectivity index (χ1v) is 12.3. The minimum atomic E-state index is -1.48. The van der Waals surface area contributed by atoms with Crippen molar-refractivity contribution >= 4 is 22.7 Å². The standard InChI is InChI=1S/C28H26O11/c1-12(29)39-21-10-35-27(26(31)25(21)30)23-15-8-19(34-3)18(33-2)7-14(15)22(24-16(23)9-36-28(24)32)13-4-5-17-20(6-13)38-11-37-17/h4-8,21,25-27,30-31H,9-11H2,1-3H3/t21-,25-,26+,27+/m1/s1. The average Bonchev–Trinajstić information content (AvgIpc) is 3.55. The van der Waals surface area contributed by atoms with E-state index in [1.165, 1.54) is 21.1 Å². The van der Waals surface area contributed by atoms with Crippen LogP contribution in [0.5, 0.6) is 23.0 Å². The minimum absolute atomic E-state index is 0.0681. The van der Waals surface area contributed by atoms with Crippen molar-refractivity contribution in [3.63, 3.8) is 0 Å². The first kappa shape index (κ1) is 25.2. The van der Waals surface area contributed by atoms with Crippen LogP contribution in [0.2, 0.25) is 0 Å². The van der Waals surface area contributed by atoms with Crippen LogP contribution >= 0.6 is 0 Å². The molecule has 4 atom stereocenters. The Morgan fingerprint density at radius 1 is 0.923 bits per heavy atom. The molecule has 0 aromatic heterocycles. The maximum absolute atomic E-state index is 13.2. The number of carbonyl (C=O) groups is 2. The van der Waals surface area contributed by atoms with E-state index in [0.717, 1.165) is 0 Å². The first-order chi connectivity index (χ1) is 18.8. The number of cyclic esters (lactones) is 1. The van der Waals surface area contributed by atoms with Crippen LogP contribution in [0, 0.1) is 0 Å². The summed E-state index contributed by atoms with van der Waals surface area (Å²) >= 11 is 0. The summed E-state index contributed by atoms with van der Waals surface area (Å²) in [6.45, 7) is 1.08. The molecule has 2 N–H and O–H groups in total. The number of hydrogen-bond donors (Lipinski definition) is 2. The SMILES string of the molecule is COc1cc2c(-c3ccc4c(c3)OCO4)c3c(c([C@@H]4OC[C@@H](OC(C)=O)[C@@H](O)[C@@H]4O)c2cc1OC)COC3=O. The maximum Gasteiger partial charge on any atom is 0.339 e. The molecule has 0 bridgehead atoms. The number of aliphatic hydroxyl groups excluding tert-OH is 2.